The van der Waals surface area contributed by atoms with Gasteiger partial charge in [-0.2, -0.15) is 0 Å². The monoisotopic (exact) mass is 591 g/mol. The number of aromatic nitrogens is 4. The van der Waals surface area contributed by atoms with Gasteiger partial charge in [0.1, 0.15) is 4.83 Å². The zero-order chi connectivity index (χ0) is 24.6. The molecule has 35 heavy (non-hydrogen) atoms. The van der Waals surface area contributed by atoms with E-state index in [0.717, 1.165) is 56.2 Å². The molecule has 1 aliphatic rings. The molecule has 4 heterocycles. The summed E-state index contributed by atoms with van der Waals surface area (Å²) in [6.07, 6.45) is 2.82. The van der Waals surface area contributed by atoms with Gasteiger partial charge in [-0.3, -0.25) is 4.79 Å². The Kier molecular flexibility index (Phi) is 7.41. The molecule has 11 heteroatoms. The van der Waals surface area contributed by atoms with E-state index in [-0.39, 0.29) is 17.3 Å². The van der Waals surface area contributed by atoms with Crippen LogP contribution in [0.4, 0.5) is 5.69 Å². The van der Waals surface area contributed by atoms with Crippen LogP contribution in [0.2, 0.25) is 0 Å². The number of amides is 1. The molecule has 1 atom stereocenters. The van der Waals surface area contributed by atoms with Crippen LogP contribution in [0.5, 0.6) is 0 Å². The first-order valence-corrected chi connectivity index (χ1v) is 15.1. The second-order valence-electron chi connectivity index (χ2n) is 8.68. The lowest BCUT2D eigenvalue weighted by atomic mass is 9.90. The van der Waals surface area contributed by atoms with E-state index >= 15 is 0 Å². The van der Waals surface area contributed by atoms with E-state index < -0.39 is 0 Å². The highest BCUT2D eigenvalue weighted by Gasteiger charge is 2.33. The Morgan fingerprint density at radius 2 is 2.03 bits per heavy atom. The number of hydrogen-bond acceptors (Lipinski definition) is 8. The Bertz CT molecular complexity index is 1390. The number of halogens is 1. The predicted octanol–water partition coefficient (Wildman–Crippen LogP) is 6.58. The van der Waals surface area contributed by atoms with Crippen LogP contribution < -0.4 is 5.32 Å². The Labute approximate surface area is 225 Å². The van der Waals surface area contributed by atoms with Gasteiger partial charge in [0.25, 0.3) is 0 Å². The van der Waals surface area contributed by atoms with Crippen LogP contribution in [-0.2, 0) is 22.6 Å². The quantitative estimate of drug-likeness (QED) is 0.183. The average Bonchev–Trinajstić information content (AvgIpc) is 3.43. The summed E-state index contributed by atoms with van der Waals surface area (Å²) in [4.78, 5) is 19.9. The van der Waals surface area contributed by atoms with Crippen LogP contribution >= 0.6 is 50.8 Å². The normalized spacial score (nSPS) is 17.7. The van der Waals surface area contributed by atoms with Crippen LogP contribution in [0.3, 0.4) is 0 Å². The Morgan fingerprint density at radius 3 is 2.77 bits per heavy atom. The fourth-order valence-corrected chi connectivity index (χ4v) is 7.04. The maximum Gasteiger partial charge on any atom is 0.234 e. The van der Waals surface area contributed by atoms with Crippen LogP contribution in [-0.4, -0.2) is 42.6 Å². The van der Waals surface area contributed by atoms with Crippen molar-refractivity contribution in [2.24, 2.45) is 0 Å². The van der Waals surface area contributed by atoms with Crippen molar-refractivity contribution in [1.29, 1.82) is 0 Å². The van der Waals surface area contributed by atoms with Gasteiger partial charge in [0.2, 0.25) is 5.91 Å². The molecule has 184 valence electrons. The van der Waals surface area contributed by atoms with Gasteiger partial charge in [0, 0.05) is 27.2 Å². The number of hydrogen-bond donors (Lipinski definition) is 1. The molecule has 4 aromatic rings. The second-order valence-corrected chi connectivity index (χ2v) is 12.7. The summed E-state index contributed by atoms with van der Waals surface area (Å²) in [6, 6.07) is 7.54. The lowest BCUT2D eigenvalue weighted by Crippen LogP contribution is -2.33. The molecule has 1 N–H and O–H groups in total. The molecule has 5 rings (SSSR count). The highest BCUT2D eigenvalue weighted by atomic mass is 79.9. The number of nitrogens with zero attached hydrogens (tertiary/aromatic N) is 4. The third kappa shape index (κ3) is 5.11. The fraction of sp³-hybridized carbons (Fsp3) is 0.417. The van der Waals surface area contributed by atoms with Gasteiger partial charge in [-0.15, -0.1) is 21.5 Å². The topological polar surface area (TPSA) is 81.4 Å². The van der Waals surface area contributed by atoms with Gasteiger partial charge >= 0.3 is 0 Å². The molecule has 0 unspecified atom stereocenters. The van der Waals surface area contributed by atoms with Crippen LogP contribution in [0, 0.1) is 0 Å². The number of nitrogens with one attached hydrogen (secondary N) is 1. The highest BCUT2D eigenvalue weighted by Crippen LogP contribution is 2.42. The van der Waals surface area contributed by atoms with E-state index in [9.17, 15) is 4.79 Å². The van der Waals surface area contributed by atoms with E-state index in [1.54, 1.807) is 23.1 Å². The van der Waals surface area contributed by atoms with E-state index in [2.05, 4.69) is 52.2 Å². The molecule has 0 bridgehead atoms. The van der Waals surface area contributed by atoms with Crippen LogP contribution in [0.1, 0.15) is 44.1 Å². The zero-order valence-corrected chi connectivity index (χ0v) is 23.8. The number of carbonyl (C=O) groups excluding carboxylic acids is 1. The Hall–Kier alpha value is -1.66. The molecule has 0 spiro atoms. The number of fused-ring (bicyclic) bond motifs is 5. The summed E-state index contributed by atoms with van der Waals surface area (Å²) < 4.78 is 9.19. The maximum atomic E-state index is 12.6. The SMILES string of the molecule is CCCSc1nc2sc3c(c2c2nnc(SCC(=O)Nc4ccc(Br)cc4)n12)C[C@](C)(CC)OC3. The molecule has 0 aliphatic carbocycles. The predicted molar refractivity (Wildman–Crippen MR) is 148 cm³/mol. The van der Waals surface area contributed by atoms with Gasteiger partial charge in [0.05, 0.1) is 23.3 Å². The van der Waals surface area contributed by atoms with Crippen LogP contribution in [0.25, 0.3) is 15.9 Å². The van der Waals surface area contributed by atoms with E-state index in [1.807, 2.05) is 28.7 Å². The fourth-order valence-electron chi connectivity index (χ4n) is 3.99. The van der Waals surface area contributed by atoms with Crippen molar-refractivity contribution >= 4 is 78.2 Å². The second kappa shape index (κ2) is 10.4. The minimum Gasteiger partial charge on any atom is -0.369 e. The van der Waals surface area contributed by atoms with Gasteiger partial charge in [-0.25, -0.2) is 9.38 Å². The van der Waals surface area contributed by atoms with E-state index in [1.165, 1.54) is 22.2 Å². The molecule has 1 aliphatic heterocycles. The molecule has 3 aromatic heterocycles. The van der Waals surface area contributed by atoms with Crippen LogP contribution in [0.15, 0.2) is 39.1 Å². The molecular weight excluding hydrogens is 566 g/mol. The van der Waals surface area contributed by atoms with Gasteiger partial charge in [0.15, 0.2) is 16.0 Å². The zero-order valence-electron chi connectivity index (χ0n) is 19.8. The van der Waals surface area contributed by atoms with E-state index in [0.29, 0.717) is 11.8 Å². The van der Waals surface area contributed by atoms with Gasteiger partial charge in [-0.1, -0.05) is 53.3 Å². The lowest BCUT2D eigenvalue weighted by Gasteiger charge is -2.33. The van der Waals surface area contributed by atoms with E-state index in [4.69, 9.17) is 9.72 Å². The third-order valence-electron chi connectivity index (χ3n) is 6.06. The van der Waals surface area contributed by atoms with Crippen molar-refractivity contribution in [2.75, 3.05) is 16.8 Å². The number of benzene rings is 1. The maximum absolute atomic E-state index is 12.6. The summed E-state index contributed by atoms with van der Waals surface area (Å²) in [6.45, 7) is 7.10. The molecule has 7 nitrogen and oxygen atoms in total. The number of carbonyl (C=O) groups is 1. The smallest absolute Gasteiger partial charge is 0.234 e. The number of anilines is 1. The highest BCUT2D eigenvalue weighted by molar-refractivity contribution is 9.10. The first-order chi connectivity index (χ1) is 16.9. The number of ether oxygens (including phenoxy) is 1. The van der Waals surface area contributed by atoms with Gasteiger partial charge in [-0.05, 0) is 49.6 Å². The van der Waals surface area contributed by atoms with Crippen molar-refractivity contribution in [1.82, 2.24) is 19.6 Å². The Morgan fingerprint density at radius 1 is 1.23 bits per heavy atom. The Balaban J connectivity index is 1.48. The largest absolute Gasteiger partial charge is 0.369 e. The molecule has 0 fully saturated rings. The summed E-state index contributed by atoms with van der Waals surface area (Å²) in [7, 11) is 0. The molecule has 0 saturated carbocycles. The summed E-state index contributed by atoms with van der Waals surface area (Å²) in [5.41, 5.74) is 2.68. The number of thiophene rings is 1. The summed E-state index contributed by atoms with van der Waals surface area (Å²) in [5.74, 6) is 1.09. The first-order valence-electron chi connectivity index (χ1n) is 11.5. The third-order valence-corrected chi connectivity index (χ3v) is 9.76. The van der Waals surface area contributed by atoms with Crippen molar-refractivity contribution in [3.8, 4) is 0 Å². The van der Waals surface area contributed by atoms with Crippen molar-refractivity contribution in [3.63, 3.8) is 0 Å². The lowest BCUT2D eigenvalue weighted by molar-refractivity contribution is -0.113. The van der Waals surface area contributed by atoms with Crippen molar-refractivity contribution in [3.05, 3.63) is 39.2 Å². The van der Waals surface area contributed by atoms with Crippen molar-refractivity contribution < 1.29 is 9.53 Å². The molecule has 0 radical (unpaired) electrons. The average molecular weight is 593 g/mol. The standard InChI is InChI=1S/C24H26BrN5O2S3/c1-4-10-33-22-27-21-19(16-11-24(3,5-2)32-12-17(16)35-21)20-28-29-23(30(20)22)34-13-18(31)26-15-8-6-14(25)7-9-15/h6-9H,4-5,10-13H2,1-3H3,(H,26,31)/t24-/m0/s1. The summed E-state index contributed by atoms with van der Waals surface area (Å²) >= 11 is 8.19. The summed E-state index contributed by atoms with van der Waals surface area (Å²) in [5, 5.41) is 14.7. The van der Waals surface area contributed by atoms with Crippen molar-refractivity contribution in [2.45, 2.75) is 62.6 Å². The minimum absolute atomic E-state index is 0.0883. The first kappa shape index (κ1) is 25.0. The minimum atomic E-state index is -0.184. The molecule has 0 saturated heterocycles. The number of thioether (sulfide) groups is 2. The number of rotatable bonds is 8. The molecular formula is C24H26BrN5O2S3. The molecule has 1 amide bonds. The molecule has 1 aromatic carbocycles. The van der Waals surface area contributed by atoms with Gasteiger partial charge < -0.3 is 10.1 Å².